The molecule has 0 bridgehead atoms. The molecule has 0 radical (unpaired) electrons. The molecule has 21 heavy (non-hydrogen) atoms. The number of hydrogen-bond donors (Lipinski definition) is 3. The van der Waals surface area contributed by atoms with Crippen molar-refractivity contribution in [2.45, 2.75) is 6.10 Å². The summed E-state index contributed by atoms with van der Waals surface area (Å²) in [6.45, 7) is 0.765. The topological polar surface area (TPSA) is 131 Å². The quantitative estimate of drug-likeness (QED) is 0.395. The van der Waals surface area contributed by atoms with Gasteiger partial charge < -0.3 is 20.2 Å². The van der Waals surface area contributed by atoms with Crippen molar-refractivity contribution in [3.05, 3.63) is 33.9 Å². The smallest absolute Gasteiger partial charge is 0.294 e. The van der Waals surface area contributed by atoms with Gasteiger partial charge in [0.05, 0.1) is 24.2 Å². The van der Waals surface area contributed by atoms with Gasteiger partial charge in [-0.3, -0.25) is 20.8 Å². The third kappa shape index (κ3) is 3.27. The average Bonchev–Trinajstić information content (AvgIpc) is 2.53. The van der Waals surface area contributed by atoms with Gasteiger partial charge in [0.2, 0.25) is 0 Å². The summed E-state index contributed by atoms with van der Waals surface area (Å²) in [5.41, 5.74) is 2.28. The van der Waals surface area contributed by atoms with Crippen molar-refractivity contribution in [1.82, 2.24) is 4.90 Å². The number of anilines is 1. The molecule has 0 spiro atoms. The molecule has 1 saturated heterocycles. The fourth-order valence-corrected chi connectivity index (χ4v) is 2.13. The fourth-order valence-electron chi connectivity index (χ4n) is 2.13. The Morgan fingerprint density at radius 3 is 3.00 bits per heavy atom. The zero-order chi connectivity index (χ0) is 15.4. The monoisotopic (exact) mass is 296 g/mol. The Morgan fingerprint density at radius 1 is 1.62 bits per heavy atom. The molecule has 1 amide bonds. The summed E-state index contributed by atoms with van der Waals surface area (Å²) in [6, 6.07) is 4.03. The summed E-state index contributed by atoms with van der Waals surface area (Å²) in [5, 5.41) is 20.0. The van der Waals surface area contributed by atoms with E-state index in [0.717, 1.165) is 0 Å². The lowest BCUT2D eigenvalue weighted by atomic mass is 10.1. The van der Waals surface area contributed by atoms with Gasteiger partial charge in [-0.25, -0.2) is 0 Å². The second-order valence-electron chi connectivity index (χ2n) is 4.56. The van der Waals surface area contributed by atoms with Crippen molar-refractivity contribution >= 4 is 17.3 Å². The summed E-state index contributed by atoms with van der Waals surface area (Å²) in [5.74, 6) is 4.86. The Labute approximate surface area is 120 Å². The lowest BCUT2D eigenvalue weighted by molar-refractivity contribution is -0.384. The highest BCUT2D eigenvalue weighted by atomic mass is 16.6. The Hall–Kier alpha value is -2.23. The number of benzene rings is 1. The summed E-state index contributed by atoms with van der Waals surface area (Å²) >= 11 is 0. The van der Waals surface area contributed by atoms with Gasteiger partial charge in [0.25, 0.3) is 11.6 Å². The van der Waals surface area contributed by atoms with Gasteiger partial charge in [-0.2, -0.15) is 0 Å². The van der Waals surface area contributed by atoms with Crippen LogP contribution in [0, 0.1) is 10.1 Å². The lowest BCUT2D eigenvalue weighted by Crippen LogP contribution is -2.46. The molecule has 1 unspecified atom stereocenters. The van der Waals surface area contributed by atoms with Crippen molar-refractivity contribution in [1.29, 1.82) is 0 Å². The third-order valence-electron chi connectivity index (χ3n) is 3.23. The van der Waals surface area contributed by atoms with Crippen LogP contribution in [-0.2, 0) is 4.74 Å². The van der Waals surface area contributed by atoms with Crippen molar-refractivity contribution < 1.29 is 19.6 Å². The van der Waals surface area contributed by atoms with Crippen LogP contribution in [0.25, 0.3) is 0 Å². The zero-order valence-electron chi connectivity index (χ0n) is 11.2. The second kappa shape index (κ2) is 6.48. The number of hydrogen-bond acceptors (Lipinski definition) is 7. The minimum absolute atomic E-state index is 0.131. The number of hydrazine groups is 1. The summed E-state index contributed by atoms with van der Waals surface area (Å²) in [7, 11) is 0. The van der Waals surface area contributed by atoms with Crippen molar-refractivity contribution in [3.8, 4) is 0 Å². The Balaban J connectivity index is 2.23. The van der Waals surface area contributed by atoms with Crippen LogP contribution in [0.15, 0.2) is 18.2 Å². The maximum atomic E-state index is 12.4. The molecule has 0 aromatic heterocycles. The molecule has 1 aromatic carbocycles. The second-order valence-corrected chi connectivity index (χ2v) is 4.56. The number of aliphatic hydroxyl groups excluding tert-OH is 1. The number of nitrogens with zero attached hydrogens (tertiary/aromatic N) is 2. The number of rotatable bonds is 4. The normalized spacial score (nSPS) is 18.4. The SMILES string of the molecule is NNc1ccc(C(=O)N2CCOC(CO)C2)cc1[N+](=O)[O-]. The molecule has 9 heteroatoms. The van der Waals surface area contributed by atoms with Crippen LogP contribution in [0.3, 0.4) is 0 Å². The van der Waals surface area contributed by atoms with Crippen molar-refractivity contribution in [2.24, 2.45) is 5.84 Å². The van der Waals surface area contributed by atoms with Crippen LogP contribution in [0.2, 0.25) is 0 Å². The van der Waals surface area contributed by atoms with E-state index in [1.54, 1.807) is 0 Å². The van der Waals surface area contributed by atoms with Crippen LogP contribution in [0.1, 0.15) is 10.4 Å². The standard InChI is InChI=1S/C12H16N4O5/c13-14-10-2-1-8(5-11(10)16(19)20)12(18)15-3-4-21-9(6-15)7-17/h1-2,5,9,14,17H,3-4,6-7,13H2. The van der Waals surface area contributed by atoms with Gasteiger partial charge in [-0.15, -0.1) is 0 Å². The molecule has 1 aliphatic rings. The van der Waals surface area contributed by atoms with E-state index in [0.29, 0.717) is 13.2 Å². The summed E-state index contributed by atoms with van der Waals surface area (Å²) in [6.07, 6.45) is -0.428. The van der Waals surface area contributed by atoms with E-state index in [9.17, 15) is 14.9 Å². The lowest BCUT2D eigenvalue weighted by Gasteiger charge is -2.32. The number of nitro benzene ring substituents is 1. The van der Waals surface area contributed by atoms with Crippen LogP contribution >= 0.6 is 0 Å². The highest BCUT2D eigenvalue weighted by molar-refractivity contribution is 5.95. The Kier molecular flexibility index (Phi) is 4.68. The molecule has 114 valence electrons. The molecule has 2 rings (SSSR count). The molecule has 1 heterocycles. The first kappa shape index (κ1) is 15.2. The van der Waals surface area contributed by atoms with Crippen LogP contribution in [-0.4, -0.2) is 53.2 Å². The zero-order valence-corrected chi connectivity index (χ0v) is 11.2. The van der Waals surface area contributed by atoms with Gasteiger partial charge in [-0.05, 0) is 12.1 Å². The Bertz CT molecular complexity index is 550. The van der Waals surface area contributed by atoms with Crippen LogP contribution in [0.5, 0.6) is 0 Å². The first-order valence-electron chi connectivity index (χ1n) is 6.33. The van der Waals surface area contributed by atoms with Gasteiger partial charge in [0.15, 0.2) is 0 Å². The number of nitro groups is 1. The van der Waals surface area contributed by atoms with E-state index in [4.69, 9.17) is 15.7 Å². The number of carbonyl (C=O) groups excluding carboxylic acids is 1. The van der Waals surface area contributed by atoms with Crippen LogP contribution < -0.4 is 11.3 Å². The van der Waals surface area contributed by atoms with Gasteiger partial charge in [0.1, 0.15) is 5.69 Å². The highest BCUT2D eigenvalue weighted by Crippen LogP contribution is 2.25. The van der Waals surface area contributed by atoms with Gasteiger partial charge in [0, 0.05) is 24.7 Å². The average molecular weight is 296 g/mol. The van der Waals surface area contributed by atoms with Crippen molar-refractivity contribution in [3.63, 3.8) is 0 Å². The largest absolute Gasteiger partial charge is 0.394 e. The molecule has 1 aromatic rings. The number of ether oxygens (including phenoxy) is 1. The summed E-state index contributed by atoms with van der Waals surface area (Å²) in [4.78, 5) is 24.2. The highest BCUT2D eigenvalue weighted by Gasteiger charge is 2.26. The predicted molar refractivity (Wildman–Crippen MR) is 73.6 cm³/mol. The van der Waals surface area contributed by atoms with E-state index in [-0.39, 0.29) is 36.0 Å². The van der Waals surface area contributed by atoms with E-state index in [1.807, 2.05) is 0 Å². The van der Waals surface area contributed by atoms with Crippen LogP contribution in [0.4, 0.5) is 11.4 Å². The van der Waals surface area contributed by atoms with Gasteiger partial charge in [-0.1, -0.05) is 0 Å². The summed E-state index contributed by atoms with van der Waals surface area (Å²) < 4.78 is 5.26. The molecule has 0 saturated carbocycles. The molecule has 9 nitrogen and oxygen atoms in total. The molecular formula is C12H16N4O5. The number of aliphatic hydroxyl groups is 1. The molecule has 4 N–H and O–H groups in total. The number of nitrogens with one attached hydrogen (secondary N) is 1. The number of nitrogens with two attached hydrogens (primary N) is 1. The minimum atomic E-state index is -0.609. The predicted octanol–water partition coefficient (Wildman–Crippen LogP) is -0.286. The molecule has 1 fully saturated rings. The fraction of sp³-hybridized carbons (Fsp3) is 0.417. The van der Waals surface area contributed by atoms with E-state index < -0.39 is 11.0 Å². The molecule has 0 aliphatic carbocycles. The van der Waals surface area contributed by atoms with E-state index in [1.165, 1.54) is 23.1 Å². The molecule has 1 aliphatic heterocycles. The first-order chi connectivity index (χ1) is 10.1. The molecular weight excluding hydrogens is 280 g/mol. The number of carbonyl (C=O) groups is 1. The van der Waals surface area contributed by atoms with Crippen molar-refractivity contribution in [2.75, 3.05) is 31.7 Å². The number of nitrogen functional groups attached to an aromatic ring is 1. The van der Waals surface area contributed by atoms with Gasteiger partial charge >= 0.3 is 0 Å². The first-order valence-corrected chi connectivity index (χ1v) is 6.33. The maximum Gasteiger partial charge on any atom is 0.294 e. The number of amides is 1. The third-order valence-corrected chi connectivity index (χ3v) is 3.23. The molecule has 1 atom stereocenters. The van der Waals surface area contributed by atoms with E-state index >= 15 is 0 Å². The van der Waals surface area contributed by atoms with E-state index in [2.05, 4.69) is 5.43 Å². The minimum Gasteiger partial charge on any atom is -0.394 e. The number of morpholine rings is 1. The maximum absolute atomic E-state index is 12.4. The Morgan fingerprint density at radius 2 is 2.38 bits per heavy atom.